The molecular formula is C22H25N5OS2. The predicted octanol–water partition coefficient (Wildman–Crippen LogP) is 4.98. The Morgan fingerprint density at radius 3 is 2.77 bits per heavy atom. The Morgan fingerprint density at radius 2 is 2.07 bits per heavy atom. The third kappa shape index (κ3) is 4.11. The number of nitrogens with zero attached hydrogens (tertiary/aromatic N) is 4. The maximum atomic E-state index is 12.6. The van der Waals surface area contributed by atoms with E-state index in [2.05, 4.69) is 55.5 Å². The van der Waals surface area contributed by atoms with Crippen LogP contribution < -0.4 is 10.2 Å². The quantitative estimate of drug-likeness (QED) is 0.526. The fourth-order valence-corrected chi connectivity index (χ4v) is 5.40. The maximum absolute atomic E-state index is 12.6. The Morgan fingerprint density at radius 1 is 1.23 bits per heavy atom. The second kappa shape index (κ2) is 8.43. The van der Waals surface area contributed by atoms with Crippen molar-refractivity contribution in [2.24, 2.45) is 0 Å². The number of hydrogen-bond acceptors (Lipinski definition) is 6. The highest BCUT2D eigenvalue weighted by Crippen LogP contribution is 2.41. The van der Waals surface area contributed by atoms with E-state index >= 15 is 0 Å². The molecule has 1 saturated carbocycles. The average molecular weight is 440 g/mol. The number of carbonyl (C=O) groups is 1. The summed E-state index contributed by atoms with van der Waals surface area (Å²) in [6, 6.07) is 10.9. The highest BCUT2D eigenvalue weighted by Gasteiger charge is 2.30. The number of carbonyl (C=O) groups excluding carboxylic acids is 1. The molecule has 3 heterocycles. The van der Waals surface area contributed by atoms with Crippen LogP contribution in [0, 0.1) is 6.92 Å². The summed E-state index contributed by atoms with van der Waals surface area (Å²) in [6.45, 7) is 4.30. The molecule has 156 valence electrons. The van der Waals surface area contributed by atoms with Crippen molar-refractivity contribution in [2.75, 3.05) is 29.1 Å². The van der Waals surface area contributed by atoms with Gasteiger partial charge < -0.3 is 10.2 Å². The normalized spacial score (nSPS) is 16.2. The van der Waals surface area contributed by atoms with E-state index in [4.69, 9.17) is 0 Å². The molecule has 1 saturated heterocycles. The molecule has 3 aromatic rings. The summed E-state index contributed by atoms with van der Waals surface area (Å²) in [5.41, 5.74) is 3.22. The Labute approximate surface area is 184 Å². The van der Waals surface area contributed by atoms with Crippen LogP contribution in [0.1, 0.15) is 37.3 Å². The van der Waals surface area contributed by atoms with Gasteiger partial charge in [0.25, 0.3) is 0 Å². The van der Waals surface area contributed by atoms with Gasteiger partial charge in [0.1, 0.15) is 0 Å². The first kappa shape index (κ1) is 19.6. The monoisotopic (exact) mass is 439 g/mol. The lowest BCUT2D eigenvalue weighted by molar-refractivity contribution is -0.113. The molecule has 0 unspecified atom stereocenters. The third-order valence-corrected chi connectivity index (χ3v) is 7.41. The number of nitrogens with one attached hydrogen (secondary N) is 1. The van der Waals surface area contributed by atoms with Gasteiger partial charge in [-0.05, 0) is 67.8 Å². The minimum absolute atomic E-state index is 0.0138. The molecular weight excluding hydrogens is 414 g/mol. The number of thiophene rings is 1. The first-order valence-corrected chi connectivity index (χ1v) is 12.3. The van der Waals surface area contributed by atoms with Crippen molar-refractivity contribution in [3.8, 4) is 10.7 Å². The molecule has 1 aromatic carbocycles. The number of benzene rings is 1. The average Bonchev–Trinajstić information content (AvgIpc) is 3.19. The number of thioether (sulfide) groups is 1. The summed E-state index contributed by atoms with van der Waals surface area (Å²) in [5.74, 6) is 1.23. The lowest BCUT2D eigenvalue weighted by atomic mass is 10.1. The van der Waals surface area contributed by atoms with Crippen molar-refractivity contribution in [1.29, 1.82) is 0 Å². The van der Waals surface area contributed by atoms with Crippen LogP contribution in [0.15, 0.2) is 40.9 Å². The SMILES string of the molecule is Cc1cc(N2CCCC2)ccc1NC(=O)CSc1nnc(-c2cccs2)n1C1CC1. The molecule has 8 heteroatoms. The van der Waals surface area contributed by atoms with E-state index in [1.807, 2.05) is 12.1 Å². The summed E-state index contributed by atoms with van der Waals surface area (Å²) in [5, 5.41) is 14.7. The van der Waals surface area contributed by atoms with E-state index in [0.29, 0.717) is 11.8 Å². The fourth-order valence-electron chi connectivity index (χ4n) is 3.89. The van der Waals surface area contributed by atoms with Gasteiger partial charge in [0.15, 0.2) is 11.0 Å². The van der Waals surface area contributed by atoms with Crippen LogP contribution in [0.2, 0.25) is 0 Å². The van der Waals surface area contributed by atoms with Crippen molar-refractivity contribution in [3.05, 3.63) is 41.3 Å². The third-order valence-electron chi connectivity index (χ3n) is 5.61. The molecule has 6 nitrogen and oxygen atoms in total. The van der Waals surface area contributed by atoms with Gasteiger partial charge in [0.05, 0.1) is 10.6 Å². The van der Waals surface area contributed by atoms with Gasteiger partial charge in [-0.25, -0.2) is 0 Å². The summed E-state index contributed by atoms with van der Waals surface area (Å²) in [7, 11) is 0. The van der Waals surface area contributed by atoms with E-state index < -0.39 is 0 Å². The molecule has 1 aliphatic heterocycles. The number of anilines is 2. The first-order chi connectivity index (χ1) is 14.7. The van der Waals surface area contributed by atoms with E-state index in [1.165, 1.54) is 30.3 Å². The van der Waals surface area contributed by atoms with Crippen LogP contribution in [-0.2, 0) is 4.79 Å². The van der Waals surface area contributed by atoms with Crippen LogP contribution in [0.4, 0.5) is 11.4 Å². The van der Waals surface area contributed by atoms with E-state index in [0.717, 1.165) is 53.0 Å². The summed E-state index contributed by atoms with van der Waals surface area (Å²) < 4.78 is 2.21. The zero-order chi connectivity index (χ0) is 20.5. The number of aryl methyl sites for hydroxylation is 1. The van der Waals surface area contributed by atoms with Gasteiger partial charge in [-0.15, -0.1) is 21.5 Å². The number of rotatable bonds is 7. The van der Waals surface area contributed by atoms with Crippen LogP contribution in [0.25, 0.3) is 10.7 Å². The minimum Gasteiger partial charge on any atom is -0.372 e. The van der Waals surface area contributed by atoms with Crippen LogP contribution in [0.5, 0.6) is 0 Å². The Bertz CT molecular complexity index is 1040. The van der Waals surface area contributed by atoms with Gasteiger partial charge in [-0.1, -0.05) is 17.8 Å². The lowest BCUT2D eigenvalue weighted by Crippen LogP contribution is -2.18. The van der Waals surface area contributed by atoms with Gasteiger partial charge in [-0.3, -0.25) is 9.36 Å². The maximum Gasteiger partial charge on any atom is 0.234 e. The summed E-state index contributed by atoms with van der Waals surface area (Å²) in [6.07, 6.45) is 4.82. The lowest BCUT2D eigenvalue weighted by Gasteiger charge is -2.19. The zero-order valence-electron chi connectivity index (χ0n) is 17.0. The Kier molecular flexibility index (Phi) is 5.52. The number of hydrogen-bond donors (Lipinski definition) is 1. The largest absolute Gasteiger partial charge is 0.372 e. The van der Waals surface area contributed by atoms with E-state index in [1.54, 1.807) is 11.3 Å². The van der Waals surface area contributed by atoms with E-state index in [9.17, 15) is 4.79 Å². The molecule has 5 rings (SSSR count). The van der Waals surface area contributed by atoms with Gasteiger partial charge in [-0.2, -0.15) is 0 Å². The van der Waals surface area contributed by atoms with Crippen molar-refractivity contribution in [2.45, 2.75) is 43.8 Å². The van der Waals surface area contributed by atoms with Crippen LogP contribution >= 0.6 is 23.1 Å². The van der Waals surface area contributed by atoms with Crippen molar-refractivity contribution >= 4 is 40.4 Å². The zero-order valence-corrected chi connectivity index (χ0v) is 18.6. The molecule has 0 atom stereocenters. The first-order valence-electron chi connectivity index (χ1n) is 10.5. The van der Waals surface area contributed by atoms with Gasteiger partial charge in [0, 0.05) is 30.5 Å². The highest BCUT2D eigenvalue weighted by molar-refractivity contribution is 7.99. The van der Waals surface area contributed by atoms with Gasteiger partial charge in [0.2, 0.25) is 5.91 Å². The van der Waals surface area contributed by atoms with Crippen LogP contribution in [0.3, 0.4) is 0 Å². The smallest absolute Gasteiger partial charge is 0.234 e. The topological polar surface area (TPSA) is 63.1 Å². The molecule has 2 fully saturated rings. The van der Waals surface area contributed by atoms with Crippen molar-refractivity contribution in [1.82, 2.24) is 14.8 Å². The molecule has 1 N–H and O–H groups in total. The molecule has 0 radical (unpaired) electrons. The fraction of sp³-hybridized carbons (Fsp3) is 0.409. The Balaban J connectivity index is 1.24. The molecule has 2 aromatic heterocycles. The Hall–Kier alpha value is -2.32. The summed E-state index contributed by atoms with van der Waals surface area (Å²) in [4.78, 5) is 16.1. The molecule has 2 aliphatic rings. The van der Waals surface area contributed by atoms with Crippen molar-refractivity contribution in [3.63, 3.8) is 0 Å². The molecule has 30 heavy (non-hydrogen) atoms. The second-order valence-corrected chi connectivity index (χ2v) is 9.81. The molecule has 0 spiro atoms. The molecule has 0 bridgehead atoms. The van der Waals surface area contributed by atoms with Crippen molar-refractivity contribution < 1.29 is 4.79 Å². The predicted molar refractivity (Wildman–Crippen MR) is 124 cm³/mol. The standard InChI is InChI=1S/C22H25N5OS2/c1-15-13-17(26-10-2-3-11-26)8-9-18(15)23-20(28)14-30-22-25-24-21(19-5-4-12-29-19)27(22)16-6-7-16/h4-5,8-9,12-13,16H,2-3,6-7,10-11,14H2,1H3,(H,23,28). The highest BCUT2D eigenvalue weighted by atomic mass is 32.2. The number of aromatic nitrogens is 3. The second-order valence-electron chi connectivity index (χ2n) is 7.91. The molecule has 1 aliphatic carbocycles. The van der Waals surface area contributed by atoms with E-state index in [-0.39, 0.29) is 5.91 Å². The number of amides is 1. The summed E-state index contributed by atoms with van der Waals surface area (Å²) >= 11 is 3.14. The molecule has 1 amide bonds. The van der Waals surface area contributed by atoms with Crippen LogP contribution in [-0.4, -0.2) is 39.5 Å². The minimum atomic E-state index is -0.0138. The van der Waals surface area contributed by atoms with Gasteiger partial charge >= 0.3 is 0 Å².